The van der Waals surface area contributed by atoms with Gasteiger partial charge in [-0.25, -0.2) is 0 Å². The molecule has 3 heteroatoms. The van der Waals surface area contributed by atoms with Gasteiger partial charge in [-0.2, -0.15) is 0 Å². The summed E-state index contributed by atoms with van der Waals surface area (Å²) in [6.07, 6.45) is 49.6. The monoisotopic (exact) mass is 1040 g/mol. The highest BCUT2D eigenvalue weighted by Crippen LogP contribution is 2.55. The third-order valence-corrected chi connectivity index (χ3v) is 16.4. The molecular formula is C75H99N3. The molecule has 0 radical (unpaired) electrons. The van der Waals surface area contributed by atoms with Crippen molar-refractivity contribution in [1.29, 1.82) is 0 Å². The predicted molar refractivity (Wildman–Crippen MR) is 339 cm³/mol. The maximum atomic E-state index is 5.26. The smallest absolute Gasteiger partial charge is 0.0715 e. The summed E-state index contributed by atoms with van der Waals surface area (Å²) in [6.45, 7) is 6.91. The predicted octanol–water partition coefficient (Wildman–Crippen LogP) is 23.3. The first-order chi connectivity index (χ1) is 38.7. The summed E-state index contributed by atoms with van der Waals surface area (Å²) in [5.74, 6) is 0. The number of hydrogen-bond donors (Lipinski definition) is 0. The Bertz CT molecular complexity index is 2650. The second kappa shape index (κ2) is 35.8. The Morgan fingerprint density at radius 3 is 0.667 bits per heavy atom. The van der Waals surface area contributed by atoms with Gasteiger partial charge < -0.3 is 0 Å². The average Bonchev–Trinajstić information content (AvgIpc) is 3.51. The van der Waals surface area contributed by atoms with Gasteiger partial charge in [0.2, 0.25) is 0 Å². The average molecular weight is 1040 g/mol. The molecule has 3 aromatic heterocycles. The highest BCUT2D eigenvalue weighted by Gasteiger charge is 2.30. The normalized spacial score (nSPS) is 11.4. The highest BCUT2D eigenvalue weighted by molar-refractivity contribution is 6.14. The van der Waals surface area contributed by atoms with Crippen LogP contribution in [0, 0.1) is 0 Å². The minimum Gasteiger partial charge on any atom is -0.256 e. The summed E-state index contributed by atoms with van der Waals surface area (Å²) < 4.78 is 0. The molecule has 3 nitrogen and oxygen atoms in total. The number of benzene rings is 4. The first kappa shape index (κ1) is 60.0. The Morgan fingerprint density at radius 2 is 0.436 bits per heavy atom. The van der Waals surface area contributed by atoms with E-state index in [0.717, 1.165) is 64.2 Å². The van der Waals surface area contributed by atoms with Crippen LogP contribution >= 0.6 is 0 Å². The van der Waals surface area contributed by atoms with Gasteiger partial charge in [0.15, 0.2) is 0 Å². The molecule has 0 aliphatic carbocycles. The van der Waals surface area contributed by atoms with Crippen molar-refractivity contribution in [3.05, 3.63) is 163 Å². The largest absolute Gasteiger partial charge is 0.256 e. The summed E-state index contributed by atoms with van der Waals surface area (Å²) >= 11 is 0. The zero-order valence-corrected chi connectivity index (χ0v) is 49.0. The van der Waals surface area contributed by atoms with E-state index < -0.39 is 0 Å². The van der Waals surface area contributed by atoms with Crippen molar-refractivity contribution < 1.29 is 0 Å². The number of pyridine rings is 3. The SMILES string of the molecule is CCCCCCCCCCCCc1ccc(-c2c(-c3ccc(CCCCCCCCCCCC)cc3)c(-c3ccccn3)c(-c3ccccn3)c(-c3ccc(CCCCCCCCCCCC)cc3)c2-c2ccccn2)cc1. The first-order valence-corrected chi connectivity index (χ1v) is 32.0. The summed E-state index contributed by atoms with van der Waals surface area (Å²) in [4.78, 5) is 15.7. The van der Waals surface area contributed by atoms with Crippen LogP contribution in [0.4, 0.5) is 0 Å². The van der Waals surface area contributed by atoms with E-state index in [9.17, 15) is 0 Å². The summed E-state index contributed by atoms with van der Waals surface area (Å²) in [6, 6.07) is 47.8. The van der Waals surface area contributed by atoms with Crippen molar-refractivity contribution >= 4 is 0 Å². The second-order valence-electron chi connectivity index (χ2n) is 22.8. The van der Waals surface area contributed by atoms with Crippen molar-refractivity contribution in [1.82, 2.24) is 15.0 Å². The minimum atomic E-state index is 0.928. The first-order valence-electron chi connectivity index (χ1n) is 32.0. The fourth-order valence-electron chi connectivity index (χ4n) is 11.9. The Labute approximate surface area is 475 Å². The zero-order valence-electron chi connectivity index (χ0n) is 49.0. The van der Waals surface area contributed by atoms with Crippen LogP contribution < -0.4 is 0 Å². The summed E-state index contributed by atoms with van der Waals surface area (Å²) in [7, 11) is 0. The van der Waals surface area contributed by atoms with Gasteiger partial charge in [0.25, 0.3) is 0 Å². The molecular weight excluding hydrogens is 943 g/mol. The van der Waals surface area contributed by atoms with Gasteiger partial charge in [0, 0.05) is 52.0 Å². The van der Waals surface area contributed by atoms with Gasteiger partial charge in [0.05, 0.1) is 17.1 Å². The van der Waals surface area contributed by atoms with E-state index in [0.29, 0.717) is 0 Å². The molecule has 0 N–H and O–H groups in total. The van der Waals surface area contributed by atoms with Crippen LogP contribution in [-0.2, 0) is 19.3 Å². The van der Waals surface area contributed by atoms with Crippen molar-refractivity contribution in [2.75, 3.05) is 0 Å². The number of unbranched alkanes of at least 4 members (excludes halogenated alkanes) is 27. The van der Waals surface area contributed by atoms with E-state index in [4.69, 9.17) is 15.0 Å². The molecule has 3 heterocycles. The molecule has 414 valence electrons. The lowest BCUT2D eigenvalue weighted by Crippen LogP contribution is -2.04. The summed E-state index contributed by atoms with van der Waals surface area (Å²) in [5.41, 5.74) is 17.4. The summed E-state index contributed by atoms with van der Waals surface area (Å²) in [5, 5.41) is 0. The molecule has 7 rings (SSSR count). The van der Waals surface area contributed by atoms with Crippen molar-refractivity contribution in [2.24, 2.45) is 0 Å². The third-order valence-electron chi connectivity index (χ3n) is 16.4. The quantitative estimate of drug-likeness (QED) is 0.0361. The molecule has 0 atom stereocenters. The molecule has 0 bridgehead atoms. The number of aryl methyl sites for hydroxylation is 3. The maximum Gasteiger partial charge on any atom is 0.0715 e. The third kappa shape index (κ3) is 19.3. The lowest BCUT2D eigenvalue weighted by molar-refractivity contribution is 0.556. The van der Waals surface area contributed by atoms with Crippen molar-refractivity contribution in [3.8, 4) is 67.2 Å². The number of nitrogens with zero attached hydrogens (tertiary/aromatic N) is 3. The molecule has 78 heavy (non-hydrogen) atoms. The molecule has 4 aromatic carbocycles. The fourth-order valence-corrected chi connectivity index (χ4v) is 11.9. The van der Waals surface area contributed by atoms with E-state index in [1.165, 1.54) is 232 Å². The lowest BCUT2D eigenvalue weighted by Gasteiger charge is -2.27. The minimum absolute atomic E-state index is 0.928. The molecule has 0 unspecified atom stereocenters. The number of aromatic nitrogens is 3. The maximum absolute atomic E-state index is 5.26. The Morgan fingerprint density at radius 1 is 0.218 bits per heavy atom. The van der Waals surface area contributed by atoms with Gasteiger partial charge in [-0.3, -0.25) is 15.0 Å². The molecule has 0 aliphatic rings. The molecule has 0 amide bonds. The topological polar surface area (TPSA) is 38.7 Å². The zero-order chi connectivity index (χ0) is 54.1. The van der Waals surface area contributed by atoms with Crippen LogP contribution in [-0.4, -0.2) is 15.0 Å². The lowest BCUT2D eigenvalue weighted by atomic mass is 9.76. The molecule has 0 aliphatic heterocycles. The van der Waals surface area contributed by atoms with Crippen LogP contribution in [0.2, 0.25) is 0 Å². The van der Waals surface area contributed by atoms with Crippen LogP contribution in [0.25, 0.3) is 67.2 Å². The van der Waals surface area contributed by atoms with Crippen LogP contribution in [0.1, 0.15) is 230 Å². The van der Waals surface area contributed by atoms with Gasteiger partial charge in [0.1, 0.15) is 0 Å². The number of hydrogen-bond acceptors (Lipinski definition) is 3. The van der Waals surface area contributed by atoms with E-state index in [-0.39, 0.29) is 0 Å². The molecule has 0 saturated heterocycles. The van der Waals surface area contributed by atoms with Crippen LogP contribution in [0.15, 0.2) is 146 Å². The molecule has 7 aromatic rings. The Kier molecular flexibility index (Phi) is 27.5. The molecule has 0 saturated carbocycles. The van der Waals surface area contributed by atoms with Crippen molar-refractivity contribution in [2.45, 2.75) is 233 Å². The highest BCUT2D eigenvalue weighted by atomic mass is 14.7. The Hall–Kier alpha value is -5.67. The van der Waals surface area contributed by atoms with Gasteiger partial charge >= 0.3 is 0 Å². The van der Waals surface area contributed by atoms with E-state index in [1.54, 1.807) is 0 Å². The second-order valence-corrected chi connectivity index (χ2v) is 22.8. The fraction of sp³-hybridized carbons (Fsp3) is 0.480. The van der Waals surface area contributed by atoms with Gasteiger partial charge in [-0.05, 0) is 108 Å². The van der Waals surface area contributed by atoms with Crippen LogP contribution in [0.5, 0.6) is 0 Å². The van der Waals surface area contributed by atoms with E-state index >= 15 is 0 Å². The van der Waals surface area contributed by atoms with Gasteiger partial charge in [-0.1, -0.05) is 285 Å². The van der Waals surface area contributed by atoms with Gasteiger partial charge in [-0.15, -0.1) is 0 Å². The molecule has 0 spiro atoms. The van der Waals surface area contributed by atoms with Crippen molar-refractivity contribution in [3.63, 3.8) is 0 Å². The molecule has 0 fully saturated rings. The number of rotatable bonds is 39. The van der Waals surface area contributed by atoms with Crippen LogP contribution in [0.3, 0.4) is 0 Å². The van der Waals surface area contributed by atoms with E-state index in [1.807, 2.05) is 36.8 Å². The Balaban J connectivity index is 1.28. The van der Waals surface area contributed by atoms with E-state index in [2.05, 4.69) is 130 Å². The standard InChI is InChI=1S/C75H99N3/c1-4-7-10-13-16-19-22-25-28-31-40-61-46-52-64(53-47-61)70-71(65-54-48-62(49-55-65)41-32-29-26-23-20-17-14-11-8-5-2)74(68-44-35-38-59-77-68)75(69-45-36-39-60-78-69)72(73(70)67-43-34-37-58-76-67)66-56-50-63(51-57-66)42-33-30-27-24-21-18-15-12-9-6-3/h34-39,43-60H,4-33,40-42H2,1-3H3.